The SMILES string of the molecule is Cc1cccc(C(=O)Nc2ccc3c(c2)OCCO3)c1N. The van der Waals surface area contributed by atoms with Gasteiger partial charge in [-0.05, 0) is 30.7 Å². The topological polar surface area (TPSA) is 73.6 Å². The molecule has 1 aliphatic heterocycles. The van der Waals surface area contributed by atoms with E-state index in [-0.39, 0.29) is 5.91 Å². The number of carbonyl (C=O) groups excluding carboxylic acids is 1. The van der Waals surface area contributed by atoms with Crippen LogP contribution in [-0.4, -0.2) is 19.1 Å². The van der Waals surface area contributed by atoms with Gasteiger partial charge < -0.3 is 20.5 Å². The minimum absolute atomic E-state index is 0.243. The summed E-state index contributed by atoms with van der Waals surface area (Å²) in [4.78, 5) is 12.3. The average molecular weight is 284 g/mol. The van der Waals surface area contributed by atoms with Crippen molar-refractivity contribution in [3.63, 3.8) is 0 Å². The Bertz CT molecular complexity index is 698. The second-order valence-corrected chi connectivity index (χ2v) is 4.85. The maximum Gasteiger partial charge on any atom is 0.257 e. The van der Waals surface area contributed by atoms with Crippen LogP contribution < -0.4 is 20.5 Å². The molecule has 5 heteroatoms. The van der Waals surface area contributed by atoms with E-state index in [0.717, 1.165) is 5.56 Å². The second-order valence-electron chi connectivity index (χ2n) is 4.85. The van der Waals surface area contributed by atoms with Crippen molar-refractivity contribution in [1.29, 1.82) is 0 Å². The summed E-state index contributed by atoms with van der Waals surface area (Å²) < 4.78 is 10.9. The van der Waals surface area contributed by atoms with Crippen molar-refractivity contribution in [2.24, 2.45) is 0 Å². The van der Waals surface area contributed by atoms with Crippen LogP contribution in [0, 0.1) is 6.92 Å². The van der Waals surface area contributed by atoms with Crippen molar-refractivity contribution >= 4 is 17.3 Å². The first-order chi connectivity index (χ1) is 10.1. The lowest BCUT2D eigenvalue weighted by Crippen LogP contribution is -2.17. The van der Waals surface area contributed by atoms with Crippen LogP contribution in [0.25, 0.3) is 0 Å². The lowest BCUT2D eigenvalue weighted by molar-refractivity contribution is 0.102. The molecule has 0 aromatic heterocycles. The highest BCUT2D eigenvalue weighted by Crippen LogP contribution is 2.32. The number of ether oxygens (including phenoxy) is 2. The quantitative estimate of drug-likeness (QED) is 0.831. The van der Waals surface area contributed by atoms with Crippen molar-refractivity contribution in [2.45, 2.75) is 6.92 Å². The van der Waals surface area contributed by atoms with E-state index in [1.165, 1.54) is 0 Å². The number of anilines is 2. The lowest BCUT2D eigenvalue weighted by Gasteiger charge is -2.19. The molecular formula is C16H16N2O3. The van der Waals surface area contributed by atoms with Crippen LogP contribution in [0.2, 0.25) is 0 Å². The van der Waals surface area contributed by atoms with Gasteiger partial charge in [-0.15, -0.1) is 0 Å². The number of carbonyl (C=O) groups is 1. The number of para-hydroxylation sites is 1. The van der Waals surface area contributed by atoms with Crippen molar-refractivity contribution in [2.75, 3.05) is 24.3 Å². The summed E-state index contributed by atoms with van der Waals surface area (Å²) in [6.45, 7) is 2.92. The molecule has 5 nitrogen and oxygen atoms in total. The van der Waals surface area contributed by atoms with Gasteiger partial charge in [0.05, 0.1) is 5.56 Å². The first-order valence-electron chi connectivity index (χ1n) is 6.71. The molecule has 2 aromatic rings. The van der Waals surface area contributed by atoms with Crippen LogP contribution in [0.5, 0.6) is 11.5 Å². The van der Waals surface area contributed by atoms with Gasteiger partial charge in [0.1, 0.15) is 13.2 Å². The Morgan fingerprint density at radius 1 is 1.14 bits per heavy atom. The van der Waals surface area contributed by atoms with Gasteiger partial charge >= 0.3 is 0 Å². The standard InChI is InChI=1S/C16H16N2O3/c1-10-3-2-4-12(15(10)17)16(19)18-11-5-6-13-14(9-11)21-8-7-20-13/h2-6,9H,7-8,17H2,1H3,(H,18,19). The van der Waals surface area contributed by atoms with E-state index in [2.05, 4.69) is 5.32 Å². The molecule has 0 bridgehead atoms. The highest BCUT2D eigenvalue weighted by atomic mass is 16.6. The Labute approximate surface area is 122 Å². The molecule has 108 valence electrons. The molecule has 3 N–H and O–H groups in total. The molecule has 0 fully saturated rings. The zero-order valence-electron chi connectivity index (χ0n) is 11.7. The van der Waals surface area contributed by atoms with E-state index in [0.29, 0.717) is 41.7 Å². The van der Waals surface area contributed by atoms with Crippen molar-refractivity contribution < 1.29 is 14.3 Å². The van der Waals surface area contributed by atoms with Crippen LogP contribution in [-0.2, 0) is 0 Å². The Kier molecular flexibility index (Phi) is 3.39. The van der Waals surface area contributed by atoms with Crippen LogP contribution in [0.1, 0.15) is 15.9 Å². The largest absolute Gasteiger partial charge is 0.486 e. The zero-order valence-corrected chi connectivity index (χ0v) is 11.7. The number of nitrogens with one attached hydrogen (secondary N) is 1. The molecule has 1 aliphatic rings. The number of aryl methyl sites for hydroxylation is 1. The third-order valence-electron chi connectivity index (χ3n) is 3.37. The fourth-order valence-electron chi connectivity index (χ4n) is 2.20. The van der Waals surface area contributed by atoms with E-state index in [1.54, 1.807) is 24.3 Å². The predicted octanol–water partition coefficient (Wildman–Crippen LogP) is 2.60. The summed E-state index contributed by atoms with van der Waals surface area (Å²) in [5, 5.41) is 2.82. The van der Waals surface area contributed by atoms with E-state index in [4.69, 9.17) is 15.2 Å². The molecule has 3 rings (SSSR count). The number of nitrogen functional groups attached to an aromatic ring is 1. The van der Waals surface area contributed by atoms with Gasteiger partial charge in [0.25, 0.3) is 5.91 Å². The van der Waals surface area contributed by atoms with E-state index in [1.807, 2.05) is 19.1 Å². The molecule has 0 saturated heterocycles. The number of benzene rings is 2. The molecule has 0 aliphatic carbocycles. The number of amides is 1. The molecule has 0 spiro atoms. The normalized spacial score (nSPS) is 12.8. The van der Waals surface area contributed by atoms with Crippen LogP contribution >= 0.6 is 0 Å². The zero-order chi connectivity index (χ0) is 14.8. The van der Waals surface area contributed by atoms with Crippen molar-refractivity contribution in [1.82, 2.24) is 0 Å². The second kappa shape index (κ2) is 5.36. The molecule has 0 saturated carbocycles. The van der Waals surface area contributed by atoms with Gasteiger partial charge in [-0.1, -0.05) is 12.1 Å². The number of hydrogen-bond donors (Lipinski definition) is 2. The summed E-state index contributed by atoms with van der Waals surface area (Å²) in [5.74, 6) is 1.08. The number of rotatable bonds is 2. The van der Waals surface area contributed by atoms with E-state index in [9.17, 15) is 4.79 Å². The van der Waals surface area contributed by atoms with Crippen molar-refractivity contribution in [3.05, 3.63) is 47.5 Å². The van der Waals surface area contributed by atoms with Crippen LogP contribution in [0.3, 0.4) is 0 Å². The first kappa shape index (κ1) is 13.3. The molecule has 1 amide bonds. The summed E-state index contributed by atoms with van der Waals surface area (Å²) in [6.07, 6.45) is 0. The lowest BCUT2D eigenvalue weighted by atomic mass is 10.1. The molecule has 0 radical (unpaired) electrons. The molecular weight excluding hydrogens is 268 g/mol. The fraction of sp³-hybridized carbons (Fsp3) is 0.188. The molecule has 0 atom stereocenters. The van der Waals surface area contributed by atoms with Gasteiger partial charge in [0, 0.05) is 17.4 Å². The van der Waals surface area contributed by atoms with Gasteiger partial charge in [-0.3, -0.25) is 4.79 Å². The van der Waals surface area contributed by atoms with Gasteiger partial charge in [-0.25, -0.2) is 0 Å². The van der Waals surface area contributed by atoms with Crippen molar-refractivity contribution in [3.8, 4) is 11.5 Å². The minimum Gasteiger partial charge on any atom is -0.486 e. The number of nitrogens with two attached hydrogens (primary N) is 1. The fourth-order valence-corrected chi connectivity index (χ4v) is 2.20. The minimum atomic E-state index is -0.243. The summed E-state index contributed by atoms with van der Waals surface area (Å²) in [6, 6.07) is 10.7. The third-order valence-corrected chi connectivity index (χ3v) is 3.37. The molecule has 2 aromatic carbocycles. The number of fused-ring (bicyclic) bond motifs is 1. The summed E-state index contributed by atoms with van der Waals surface area (Å²) in [5.41, 5.74) is 8.42. The Hall–Kier alpha value is -2.69. The first-order valence-corrected chi connectivity index (χ1v) is 6.71. The molecule has 0 unspecified atom stereocenters. The highest BCUT2D eigenvalue weighted by Gasteiger charge is 2.15. The Morgan fingerprint density at radius 3 is 2.71 bits per heavy atom. The average Bonchev–Trinajstić information content (AvgIpc) is 2.50. The third kappa shape index (κ3) is 2.63. The predicted molar refractivity (Wildman–Crippen MR) is 81.0 cm³/mol. The van der Waals surface area contributed by atoms with E-state index < -0.39 is 0 Å². The summed E-state index contributed by atoms with van der Waals surface area (Å²) >= 11 is 0. The Balaban J connectivity index is 1.83. The summed E-state index contributed by atoms with van der Waals surface area (Å²) in [7, 11) is 0. The highest BCUT2D eigenvalue weighted by molar-refractivity contribution is 6.08. The van der Waals surface area contributed by atoms with Crippen LogP contribution in [0.15, 0.2) is 36.4 Å². The van der Waals surface area contributed by atoms with Crippen LogP contribution in [0.4, 0.5) is 11.4 Å². The smallest absolute Gasteiger partial charge is 0.257 e. The monoisotopic (exact) mass is 284 g/mol. The maximum atomic E-state index is 12.3. The van der Waals surface area contributed by atoms with Gasteiger partial charge in [0.15, 0.2) is 11.5 Å². The maximum absolute atomic E-state index is 12.3. The molecule has 1 heterocycles. The van der Waals surface area contributed by atoms with Gasteiger partial charge in [-0.2, -0.15) is 0 Å². The Morgan fingerprint density at radius 2 is 1.90 bits per heavy atom. The number of hydrogen-bond acceptors (Lipinski definition) is 4. The molecule has 21 heavy (non-hydrogen) atoms. The van der Waals surface area contributed by atoms with E-state index >= 15 is 0 Å². The van der Waals surface area contributed by atoms with Gasteiger partial charge in [0.2, 0.25) is 0 Å².